The molecule has 0 saturated carbocycles. The summed E-state index contributed by atoms with van der Waals surface area (Å²) >= 11 is 0. The van der Waals surface area contributed by atoms with Crippen molar-refractivity contribution in [3.05, 3.63) is 0 Å². The second-order valence-corrected chi connectivity index (χ2v) is 4.59. The number of amides is 3. The zero-order valence-corrected chi connectivity index (χ0v) is 9.86. The lowest BCUT2D eigenvalue weighted by Crippen LogP contribution is -2.60. The van der Waals surface area contributed by atoms with E-state index in [4.69, 9.17) is 0 Å². The molecule has 94 valence electrons. The number of carbonyl (C=O) groups is 3. The fraction of sp³-hybridized carbons (Fsp3) is 0.727. The van der Waals surface area contributed by atoms with E-state index in [0.717, 1.165) is 13.1 Å². The van der Waals surface area contributed by atoms with E-state index in [0.29, 0.717) is 18.8 Å². The maximum absolute atomic E-state index is 12.0. The van der Waals surface area contributed by atoms with Crippen LogP contribution in [0, 0.1) is 5.92 Å². The van der Waals surface area contributed by atoms with Gasteiger partial charge in [0.05, 0.1) is 0 Å². The number of nitrogens with zero attached hydrogens (tertiary/aromatic N) is 1. The van der Waals surface area contributed by atoms with Crippen LogP contribution in [0.3, 0.4) is 0 Å². The van der Waals surface area contributed by atoms with Crippen molar-refractivity contribution < 1.29 is 14.4 Å². The predicted molar refractivity (Wildman–Crippen MR) is 59.9 cm³/mol. The van der Waals surface area contributed by atoms with Crippen LogP contribution in [0.4, 0.5) is 0 Å². The normalized spacial score (nSPS) is 25.5. The van der Waals surface area contributed by atoms with Gasteiger partial charge < -0.3 is 10.2 Å². The van der Waals surface area contributed by atoms with Gasteiger partial charge in [0.2, 0.25) is 17.7 Å². The van der Waals surface area contributed by atoms with Gasteiger partial charge in [-0.3, -0.25) is 19.7 Å². The van der Waals surface area contributed by atoms with Gasteiger partial charge in [0, 0.05) is 6.42 Å². The number of hydrogen-bond donors (Lipinski definition) is 2. The number of carbonyl (C=O) groups excluding carboxylic acids is 3. The molecule has 0 aliphatic carbocycles. The van der Waals surface area contributed by atoms with E-state index < -0.39 is 6.04 Å². The van der Waals surface area contributed by atoms with E-state index in [1.807, 2.05) is 6.92 Å². The Morgan fingerprint density at radius 1 is 1.41 bits per heavy atom. The molecule has 0 aromatic carbocycles. The van der Waals surface area contributed by atoms with Gasteiger partial charge in [-0.1, -0.05) is 6.92 Å². The van der Waals surface area contributed by atoms with Crippen LogP contribution in [-0.2, 0) is 14.4 Å². The Kier molecular flexibility index (Phi) is 3.42. The van der Waals surface area contributed by atoms with Gasteiger partial charge in [0.15, 0.2) is 0 Å². The Labute approximate surface area is 99.7 Å². The molecule has 0 bridgehead atoms. The van der Waals surface area contributed by atoms with E-state index in [2.05, 4.69) is 10.6 Å². The van der Waals surface area contributed by atoms with Crippen molar-refractivity contribution in [3.63, 3.8) is 0 Å². The van der Waals surface area contributed by atoms with Crippen molar-refractivity contribution in [2.45, 2.75) is 25.8 Å². The summed E-state index contributed by atoms with van der Waals surface area (Å²) in [6.07, 6.45) is 0.956. The van der Waals surface area contributed by atoms with Gasteiger partial charge in [-0.15, -0.1) is 0 Å². The van der Waals surface area contributed by atoms with Gasteiger partial charge in [-0.2, -0.15) is 0 Å². The van der Waals surface area contributed by atoms with E-state index in [1.165, 1.54) is 4.90 Å². The van der Waals surface area contributed by atoms with Crippen molar-refractivity contribution in [3.8, 4) is 0 Å². The summed E-state index contributed by atoms with van der Waals surface area (Å²) in [6, 6.07) is -0.492. The van der Waals surface area contributed by atoms with Crippen molar-refractivity contribution in [2.24, 2.45) is 5.92 Å². The highest BCUT2D eigenvalue weighted by atomic mass is 16.2. The lowest BCUT2D eigenvalue weighted by Gasteiger charge is -2.35. The molecular formula is C11H17N3O3. The quantitative estimate of drug-likeness (QED) is 0.610. The van der Waals surface area contributed by atoms with Crippen LogP contribution in [0.2, 0.25) is 0 Å². The number of imide groups is 1. The minimum Gasteiger partial charge on any atom is -0.321 e. The van der Waals surface area contributed by atoms with E-state index in [9.17, 15) is 14.4 Å². The average Bonchev–Trinajstić information content (AvgIpc) is 2.22. The van der Waals surface area contributed by atoms with Crippen molar-refractivity contribution >= 4 is 17.7 Å². The number of hydrogen-bond acceptors (Lipinski definition) is 4. The molecule has 0 radical (unpaired) electrons. The first-order chi connectivity index (χ1) is 8.11. The lowest BCUT2D eigenvalue weighted by atomic mass is 9.97. The monoisotopic (exact) mass is 239 g/mol. The van der Waals surface area contributed by atoms with Crippen molar-refractivity contribution in [1.82, 2.24) is 15.5 Å². The van der Waals surface area contributed by atoms with Gasteiger partial charge in [0.1, 0.15) is 12.6 Å². The Morgan fingerprint density at radius 3 is 2.65 bits per heavy atom. The Morgan fingerprint density at radius 2 is 2.12 bits per heavy atom. The molecule has 2 aliphatic rings. The fourth-order valence-corrected chi connectivity index (χ4v) is 2.19. The second kappa shape index (κ2) is 4.83. The topological polar surface area (TPSA) is 78.5 Å². The first kappa shape index (κ1) is 12.0. The summed E-state index contributed by atoms with van der Waals surface area (Å²) in [5.41, 5.74) is 0. The molecule has 2 fully saturated rings. The molecule has 2 rings (SSSR count). The van der Waals surface area contributed by atoms with Gasteiger partial charge in [-0.05, 0) is 25.4 Å². The SMILES string of the molecule is CCC1C(=O)NC(=O)CN1C(=O)CC1CNC1. The molecule has 6 nitrogen and oxygen atoms in total. The van der Waals surface area contributed by atoms with E-state index >= 15 is 0 Å². The standard InChI is InChI=1S/C11H17N3O3/c1-2-8-11(17)13-9(15)6-14(8)10(16)3-7-4-12-5-7/h7-8,12H,2-6H2,1H3,(H,13,15,17). The van der Waals surface area contributed by atoms with Crippen LogP contribution >= 0.6 is 0 Å². The summed E-state index contributed by atoms with van der Waals surface area (Å²) in [4.78, 5) is 36.3. The first-order valence-corrected chi connectivity index (χ1v) is 5.95. The number of piperazine rings is 1. The third kappa shape index (κ3) is 2.46. The maximum Gasteiger partial charge on any atom is 0.249 e. The summed E-state index contributed by atoms with van der Waals surface area (Å²) < 4.78 is 0. The molecule has 2 N–H and O–H groups in total. The largest absolute Gasteiger partial charge is 0.321 e. The zero-order valence-electron chi connectivity index (χ0n) is 9.86. The van der Waals surface area contributed by atoms with Crippen molar-refractivity contribution in [2.75, 3.05) is 19.6 Å². The highest BCUT2D eigenvalue weighted by Crippen LogP contribution is 2.15. The summed E-state index contributed by atoms with van der Waals surface area (Å²) in [5.74, 6) is -0.490. The second-order valence-electron chi connectivity index (χ2n) is 4.59. The van der Waals surface area contributed by atoms with Gasteiger partial charge in [0.25, 0.3) is 0 Å². The molecule has 1 atom stereocenters. The predicted octanol–water partition coefficient (Wildman–Crippen LogP) is -1.14. The Bertz CT molecular complexity index is 352. The summed E-state index contributed by atoms with van der Waals surface area (Å²) in [5, 5.41) is 5.36. The molecule has 2 heterocycles. The van der Waals surface area contributed by atoms with Crippen LogP contribution in [0.25, 0.3) is 0 Å². The maximum atomic E-state index is 12.0. The van der Waals surface area contributed by atoms with E-state index in [-0.39, 0.29) is 24.3 Å². The van der Waals surface area contributed by atoms with E-state index in [1.54, 1.807) is 0 Å². The number of nitrogens with one attached hydrogen (secondary N) is 2. The summed E-state index contributed by atoms with van der Waals surface area (Å²) in [7, 11) is 0. The van der Waals surface area contributed by atoms with Crippen LogP contribution in [0.15, 0.2) is 0 Å². The first-order valence-electron chi connectivity index (χ1n) is 5.95. The zero-order chi connectivity index (χ0) is 12.4. The summed E-state index contributed by atoms with van der Waals surface area (Å²) in [6.45, 7) is 3.53. The molecular weight excluding hydrogens is 222 g/mol. The molecule has 1 unspecified atom stereocenters. The molecule has 2 aliphatic heterocycles. The smallest absolute Gasteiger partial charge is 0.249 e. The molecule has 2 saturated heterocycles. The highest BCUT2D eigenvalue weighted by Gasteiger charge is 2.36. The fourth-order valence-electron chi connectivity index (χ4n) is 2.19. The third-order valence-corrected chi connectivity index (χ3v) is 3.29. The number of rotatable bonds is 3. The molecule has 0 spiro atoms. The lowest BCUT2D eigenvalue weighted by molar-refractivity contribution is -0.150. The molecule has 6 heteroatoms. The Balaban J connectivity index is 2.01. The third-order valence-electron chi connectivity index (χ3n) is 3.29. The minimum atomic E-state index is -0.492. The molecule has 0 aromatic rings. The molecule has 0 aromatic heterocycles. The van der Waals surface area contributed by atoms with Crippen LogP contribution in [0.5, 0.6) is 0 Å². The van der Waals surface area contributed by atoms with Crippen molar-refractivity contribution in [1.29, 1.82) is 0 Å². The highest BCUT2D eigenvalue weighted by molar-refractivity contribution is 6.04. The van der Waals surface area contributed by atoms with Gasteiger partial charge in [-0.25, -0.2) is 0 Å². The van der Waals surface area contributed by atoms with Crippen LogP contribution in [-0.4, -0.2) is 48.3 Å². The molecule has 17 heavy (non-hydrogen) atoms. The average molecular weight is 239 g/mol. The van der Waals surface area contributed by atoms with Gasteiger partial charge >= 0.3 is 0 Å². The minimum absolute atomic E-state index is 0.00320. The van der Waals surface area contributed by atoms with Crippen LogP contribution < -0.4 is 10.6 Å². The Hall–Kier alpha value is -1.43. The van der Waals surface area contributed by atoms with Crippen LogP contribution in [0.1, 0.15) is 19.8 Å². The molecule has 3 amide bonds.